The fraction of sp³-hybridized carbons (Fsp3) is 0.294. The van der Waals surface area contributed by atoms with E-state index in [9.17, 15) is 4.39 Å². The van der Waals surface area contributed by atoms with Crippen LogP contribution in [0.5, 0.6) is 0 Å². The van der Waals surface area contributed by atoms with Crippen LogP contribution < -0.4 is 10.2 Å². The van der Waals surface area contributed by atoms with Gasteiger partial charge in [-0.15, -0.1) is 5.10 Å². The Bertz CT molecular complexity index is 873. The van der Waals surface area contributed by atoms with Gasteiger partial charge in [0, 0.05) is 37.4 Å². The number of benzene rings is 1. The summed E-state index contributed by atoms with van der Waals surface area (Å²) in [6, 6.07) is 6.89. The minimum atomic E-state index is -0.324. The molecule has 2 aromatic heterocycles. The zero-order valence-electron chi connectivity index (χ0n) is 13.4. The number of morpholine rings is 1. The van der Waals surface area contributed by atoms with Gasteiger partial charge >= 0.3 is 0 Å². The first-order valence-electron chi connectivity index (χ1n) is 7.90. The summed E-state index contributed by atoms with van der Waals surface area (Å²) < 4.78 is 21.1. The van der Waals surface area contributed by atoms with Crippen LogP contribution in [0, 0.1) is 5.82 Å². The first-order valence-corrected chi connectivity index (χ1v) is 7.90. The molecule has 3 aromatic rings. The topological polar surface area (TPSA) is 55.2 Å². The Hall–Kier alpha value is -2.67. The molecule has 6 nitrogen and oxygen atoms in total. The molecule has 1 aliphatic heterocycles. The van der Waals surface area contributed by atoms with Gasteiger partial charge in [-0.1, -0.05) is 0 Å². The number of aromatic nitrogens is 3. The van der Waals surface area contributed by atoms with Crippen molar-refractivity contribution in [2.24, 2.45) is 0 Å². The number of fused-ring (bicyclic) bond motifs is 1. The van der Waals surface area contributed by atoms with E-state index in [2.05, 4.69) is 20.3 Å². The standard InChI is InChI=1S/C17H18FN5O/c1-19-13-2-3-15(18)16(9-13)23-11-12-8-14(10-20-17(12)21-23)22-4-6-24-7-5-22/h2-3,8-11,19H,4-7H2,1H3. The maximum Gasteiger partial charge on any atom is 0.181 e. The summed E-state index contributed by atoms with van der Waals surface area (Å²) in [5.41, 5.74) is 2.86. The Morgan fingerprint density at radius 1 is 1.21 bits per heavy atom. The highest BCUT2D eigenvalue weighted by atomic mass is 19.1. The molecular weight excluding hydrogens is 309 g/mol. The maximum atomic E-state index is 14.2. The lowest BCUT2D eigenvalue weighted by atomic mass is 10.2. The van der Waals surface area contributed by atoms with Crippen molar-refractivity contribution >= 4 is 22.4 Å². The van der Waals surface area contributed by atoms with Crippen LogP contribution >= 0.6 is 0 Å². The molecule has 24 heavy (non-hydrogen) atoms. The second-order valence-corrected chi connectivity index (χ2v) is 5.70. The van der Waals surface area contributed by atoms with Gasteiger partial charge in [0.2, 0.25) is 0 Å². The van der Waals surface area contributed by atoms with Crippen LogP contribution in [0.3, 0.4) is 0 Å². The van der Waals surface area contributed by atoms with Crippen LogP contribution in [0.15, 0.2) is 36.7 Å². The third-order valence-electron chi connectivity index (χ3n) is 4.20. The maximum absolute atomic E-state index is 14.2. The van der Waals surface area contributed by atoms with E-state index in [1.54, 1.807) is 19.2 Å². The van der Waals surface area contributed by atoms with Crippen LogP contribution in [-0.4, -0.2) is 48.1 Å². The highest BCUT2D eigenvalue weighted by molar-refractivity contribution is 5.78. The predicted octanol–water partition coefficient (Wildman–Crippen LogP) is 2.44. The number of nitrogens with one attached hydrogen (secondary N) is 1. The molecule has 3 heterocycles. The fourth-order valence-corrected chi connectivity index (χ4v) is 2.87. The Kier molecular flexibility index (Phi) is 3.78. The smallest absolute Gasteiger partial charge is 0.181 e. The minimum absolute atomic E-state index is 0.324. The van der Waals surface area contributed by atoms with Gasteiger partial charge in [0.1, 0.15) is 11.5 Å². The summed E-state index contributed by atoms with van der Waals surface area (Å²) in [6.45, 7) is 3.14. The first kappa shape index (κ1) is 14.9. The minimum Gasteiger partial charge on any atom is -0.388 e. The van der Waals surface area contributed by atoms with Crippen molar-refractivity contribution in [3.8, 4) is 5.69 Å². The zero-order chi connectivity index (χ0) is 16.5. The second-order valence-electron chi connectivity index (χ2n) is 5.70. The highest BCUT2D eigenvalue weighted by Crippen LogP contribution is 2.23. The molecule has 4 rings (SSSR count). The average molecular weight is 327 g/mol. The zero-order valence-corrected chi connectivity index (χ0v) is 13.4. The van der Waals surface area contributed by atoms with Crippen molar-refractivity contribution in [1.82, 2.24) is 14.8 Å². The number of rotatable bonds is 3. The lowest BCUT2D eigenvalue weighted by Crippen LogP contribution is -2.36. The SMILES string of the molecule is CNc1ccc(F)c(-n2cc3cc(N4CCOCC4)cnc3n2)c1. The molecule has 0 atom stereocenters. The molecule has 1 aromatic carbocycles. The molecule has 1 saturated heterocycles. The summed E-state index contributed by atoms with van der Waals surface area (Å²) in [5.74, 6) is -0.324. The van der Waals surface area contributed by atoms with E-state index in [0.29, 0.717) is 11.3 Å². The third kappa shape index (κ3) is 2.67. The van der Waals surface area contributed by atoms with Crippen LogP contribution in [-0.2, 0) is 4.74 Å². The summed E-state index contributed by atoms with van der Waals surface area (Å²) >= 11 is 0. The Morgan fingerprint density at radius 3 is 2.83 bits per heavy atom. The molecule has 1 N–H and O–H groups in total. The van der Waals surface area contributed by atoms with E-state index >= 15 is 0 Å². The number of hydrogen-bond donors (Lipinski definition) is 1. The van der Waals surface area contributed by atoms with Gasteiger partial charge < -0.3 is 15.0 Å². The molecule has 1 fully saturated rings. The second kappa shape index (κ2) is 6.09. The molecule has 1 aliphatic rings. The number of anilines is 2. The highest BCUT2D eigenvalue weighted by Gasteiger charge is 2.14. The van der Waals surface area contributed by atoms with Gasteiger partial charge in [0.25, 0.3) is 0 Å². The van der Waals surface area contributed by atoms with E-state index in [4.69, 9.17) is 4.74 Å². The van der Waals surface area contributed by atoms with Crippen LogP contribution in [0.25, 0.3) is 16.7 Å². The van der Waals surface area contributed by atoms with Crippen molar-refractivity contribution in [1.29, 1.82) is 0 Å². The number of halogens is 1. The lowest BCUT2D eigenvalue weighted by molar-refractivity contribution is 0.122. The summed E-state index contributed by atoms with van der Waals surface area (Å²) in [5, 5.41) is 8.29. The number of nitrogens with zero attached hydrogens (tertiary/aromatic N) is 4. The molecule has 0 saturated carbocycles. The molecule has 7 heteroatoms. The Morgan fingerprint density at radius 2 is 2.04 bits per heavy atom. The van der Waals surface area contributed by atoms with Gasteiger partial charge in [-0.25, -0.2) is 14.1 Å². The third-order valence-corrected chi connectivity index (χ3v) is 4.20. The van der Waals surface area contributed by atoms with Gasteiger partial charge in [0.15, 0.2) is 5.65 Å². The van der Waals surface area contributed by atoms with Gasteiger partial charge in [-0.3, -0.25) is 0 Å². The quantitative estimate of drug-likeness (QED) is 0.801. The summed E-state index contributed by atoms with van der Waals surface area (Å²) in [6.07, 6.45) is 3.62. The number of hydrogen-bond acceptors (Lipinski definition) is 5. The van der Waals surface area contributed by atoms with Gasteiger partial charge in [-0.2, -0.15) is 0 Å². The van der Waals surface area contributed by atoms with Crippen LogP contribution in [0.4, 0.5) is 15.8 Å². The van der Waals surface area contributed by atoms with Crippen molar-refractivity contribution in [2.75, 3.05) is 43.6 Å². The number of ether oxygens (including phenoxy) is 1. The van der Waals surface area contributed by atoms with Crippen molar-refractivity contribution in [2.45, 2.75) is 0 Å². The number of pyridine rings is 1. The molecule has 0 radical (unpaired) electrons. The van der Waals surface area contributed by atoms with Gasteiger partial charge in [-0.05, 0) is 24.3 Å². The van der Waals surface area contributed by atoms with E-state index in [-0.39, 0.29) is 5.82 Å². The molecule has 0 amide bonds. The fourth-order valence-electron chi connectivity index (χ4n) is 2.87. The van der Waals surface area contributed by atoms with E-state index in [0.717, 1.165) is 43.1 Å². The van der Waals surface area contributed by atoms with Crippen LogP contribution in [0.2, 0.25) is 0 Å². The molecule has 0 aliphatic carbocycles. The predicted molar refractivity (Wildman–Crippen MR) is 91.4 cm³/mol. The monoisotopic (exact) mass is 327 g/mol. The summed E-state index contributed by atoms with van der Waals surface area (Å²) in [4.78, 5) is 6.65. The van der Waals surface area contributed by atoms with E-state index in [1.165, 1.54) is 10.7 Å². The molecular formula is C17H18FN5O. The van der Waals surface area contributed by atoms with E-state index < -0.39 is 0 Å². The Labute approximate surface area is 138 Å². The molecule has 0 spiro atoms. The largest absolute Gasteiger partial charge is 0.388 e. The van der Waals surface area contributed by atoms with Crippen molar-refractivity contribution in [3.63, 3.8) is 0 Å². The summed E-state index contributed by atoms with van der Waals surface area (Å²) in [7, 11) is 1.80. The Balaban J connectivity index is 1.73. The van der Waals surface area contributed by atoms with Gasteiger partial charge in [0.05, 0.1) is 25.1 Å². The van der Waals surface area contributed by atoms with Crippen LogP contribution in [0.1, 0.15) is 0 Å². The molecule has 0 bridgehead atoms. The molecule has 0 unspecified atom stereocenters. The van der Waals surface area contributed by atoms with Crippen molar-refractivity contribution in [3.05, 3.63) is 42.5 Å². The lowest BCUT2D eigenvalue weighted by Gasteiger charge is -2.28. The van der Waals surface area contributed by atoms with Crippen molar-refractivity contribution < 1.29 is 9.13 Å². The first-order chi connectivity index (χ1) is 11.7. The van der Waals surface area contributed by atoms with E-state index in [1.807, 2.05) is 18.5 Å². The molecule has 124 valence electrons. The average Bonchev–Trinajstić information content (AvgIpc) is 3.06. The normalized spacial score (nSPS) is 15.0.